The molecule has 0 saturated carbocycles. The molecule has 0 amide bonds. The van der Waals surface area contributed by atoms with Crippen LogP contribution in [0.4, 0.5) is 0 Å². The second kappa shape index (κ2) is 31.0. The first kappa shape index (κ1) is 42.8. The third kappa shape index (κ3) is 47.0. The summed E-state index contributed by atoms with van der Waals surface area (Å²) in [5, 5.41) is 0. The van der Waals surface area contributed by atoms with Gasteiger partial charge in [-0.25, -0.2) is 8.37 Å². The van der Waals surface area contributed by atoms with Gasteiger partial charge in [0.05, 0.1) is 13.2 Å². The molecule has 0 aromatic rings. The molecular formula is C22H46Na2O8S2. The fourth-order valence-electron chi connectivity index (χ4n) is 3.18. The number of hydrogen-bond donors (Lipinski definition) is 0. The maximum absolute atomic E-state index is 11.7. The molecule has 0 aromatic heterocycles. The quantitative estimate of drug-likeness (QED) is 0.0799. The Morgan fingerprint density at radius 3 is 0.912 bits per heavy atom. The summed E-state index contributed by atoms with van der Waals surface area (Å²) in [6.45, 7) is 4.95. The van der Waals surface area contributed by atoms with Crippen LogP contribution in [0.3, 0.4) is 0 Å². The van der Waals surface area contributed by atoms with Crippen molar-refractivity contribution in [1.29, 1.82) is 0 Å². The largest absolute Gasteiger partial charge is 1.00 e. The second-order valence-corrected chi connectivity index (χ2v) is 10.2. The van der Waals surface area contributed by atoms with Crippen molar-refractivity contribution < 1.29 is 93.4 Å². The Labute approximate surface area is 254 Å². The predicted molar refractivity (Wildman–Crippen MR) is 126 cm³/mol. The molecule has 0 spiro atoms. The van der Waals surface area contributed by atoms with Gasteiger partial charge < -0.3 is 9.11 Å². The van der Waals surface area contributed by atoms with Crippen LogP contribution in [0.2, 0.25) is 0 Å². The fourth-order valence-corrected chi connectivity index (χ4v) is 3.89. The van der Waals surface area contributed by atoms with Crippen molar-refractivity contribution >= 4 is 20.8 Å². The first-order valence-corrected chi connectivity index (χ1v) is 15.0. The summed E-state index contributed by atoms with van der Waals surface area (Å²) in [7, 11) is -8.96. The topological polar surface area (TPSA) is 133 Å². The first-order chi connectivity index (χ1) is 15.1. The molecule has 0 bridgehead atoms. The van der Waals surface area contributed by atoms with Gasteiger partial charge in [-0.3, -0.25) is 8.42 Å². The summed E-state index contributed by atoms with van der Waals surface area (Å²) in [5.41, 5.74) is 0. The normalized spacial score (nSPS) is 11.2. The smallest absolute Gasteiger partial charge is 0.759 e. The Bertz CT molecular complexity index is 550. The van der Waals surface area contributed by atoms with E-state index in [-0.39, 0.29) is 72.3 Å². The first-order valence-electron chi connectivity index (χ1n) is 12.3. The molecule has 0 heterocycles. The van der Waals surface area contributed by atoms with Crippen molar-refractivity contribution in [2.45, 2.75) is 129 Å². The number of rotatable bonds is 22. The van der Waals surface area contributed by atoms with E-state index >= 15 is 0 Å². The van der Waals surface area contributed by atoms with Crippen LogP contribution in [-0.2, 0) is 29.2 Å². The summed E-state index contributed by atoms with van der Waals surface area (Å²) in [5.74, 6) is 0. The minimum Gasteiger partial charge on any atom is -0.759 e. The molecule has 0 rings (SSSR count). The average Bonchev–Trinajstić information content (AvgIpc) is 2.69. The minimum absolute atomic E-state index is 0. The van der Waals surface area contributed by atoms with Gasteiger partial charge in [0.15, 0.2) is 0 Å². The van der Waals surface area contributed by atoms with Crippen LogP contribution >= 0.6 is 0 Å². The van der Waals surface area contributed by atoms with E-state index in [0.29, 0.717) is 0 Å². The molecule has 196 valence electrons. The van der Waals surface area contributed by atoms with E-state index in [1.165, 1.54) is 77.0 Å². The molecule has 8 nitrogen and oxygen atoms in total. The van der Waals surface area contributed by atoms with E-state index in [9.17, 15) is 8.42 Å². The molecule has 0 aliphatic rings. The van der Waals surface area contributed by atoms with Crippen LogP contribution in [0, 0.1) is 0 Å². The summed E-state index contributed by atoms with van der Waals surface area (Å²) < 4.78 is 67.2. The van der Waals surface area contributed by atoms with Crippen molar-refractivity contribution in [3.8, 4) is 0 Å². The maximum Gasteiger partial charge on any atom is 1.00 e. The van der Waals surface area contributed by atoms with Crippen LogP contribution in [0.25, 0.3) is 0 Å². The van der Waals surface area contributed by atoms with Crippen molar-refractivity contribution in [2.75, 3.05) is 13.2 Å². The van der Waals surface area contributed by atoms with Crippen LogP contribution in [0.5, 0.6) is 0 Å². The van der Waals surface area contributed by atoms with Gasteiger partial charge in [0, 0.05) is 10.4 Å². The monoisotopic (exact) mass is 548 g/mol. The molecule has 0 aliphatic carbocycles. The molecule has 0 unspecified atom stereocenters. The van der Waals surface area contributed by atoms with E-state index in [4.69, 9.17) is 25.9 Å². The zero-order valence-electron chi connectivity index (χ0n) is 22.2. The average molecular weight is 549 g/mol. The van der Waals surface area contributed by atoms with Crippen molar-refractivity contribution in [1.82, 2.24) is 0 Å². The van der Waals surface area contributed by atoms with Gasteiger partial charge in [-0.2, -0.15) is 8.42 Å². The van der Waals surface area contributed by atoms with Gasteiger partial charge in [-0.05, 0) is 12.8 Å². The standard InChI is InChI=1S/C22H46O4S.2Na.H2O4S/c1-3-5-7-9-11-13-15-17-19-21-25-27(23,24)26-22-20-18-16-14-12-10-8-6-4-2;;;1-5(2,3)4/h3-22H2,1-2H3;;;(H2,1,2,3,4)/q;2*+1;/p-2. The molecule has 0 atom stereocenters. The molecule has 0 radical (unpaired) electrons. The predicted octanol–water partition coefficient (Wildman–Crippen LogP) is -0.00400. The Morgan fingerprint density at radius 1 is 0.471 bits per heavy atom. The van der Waals surface area contributed by atoms with Crippen molar-refractivity contribution in [2.24, 2.45) is 0 Å². The zero-order valence-corrected chi connectivity index (χ0v) is 27.9. The Morgan fingerprint density at radius 2 is 0.676 bits per heavy atom. The molecule has 0 fully saturated rings. The van der Waals surface area contributed by atoms with E-state index in [1.54, 1.807) is 0 Å². The minimum atomic E-state index is -5.17. The summed E-state index contributed by atoms with van der Waals surface area (Å²) in [4.78, 5) is 0. The SMILES string of the molecule is CCCCCCCCCCCOS(=O)(=O)OCCCCCCCCCCC.O=S(=O)([O-])[O-].[Na+].[Na+]. The molecule has 0 aliphatic heterocycles. The van der Waals surface area contributed by atoms with E-state index < -0.39 is 20.8 Å². The molecule has 34 heavy (non-hydrogen) atoms. The summed E-state index contributed by atoms with van der Waals surface area (Å²) in [6, 6.07) is 0. The van der Waals surface area contributed by atoms with Crippen LogP contribution in [0.1, 0.15) is 129 Å². The molecule has 12 heteroatoms. The van der Waals surface area contributed by atoms with Crippen LogP contribution in [-0.4, -0.2) is 39.2 Å². The third-order valence-electron chi connectivity index (χ3n) is 4.95. The van der Waals surface area contributed by atoms with Gasteiger partial charge in [-0.1, -0.05) is 117 Å². The molecule has 0 N–H and O–H groups in total. The van der Waals surface area contributed by atoms with Gasteiger partial charge >= 0.3 is 69.5 Å². The van der Waals surface area contributed by atoms with Crippen molar-refractivity contribution in [3.63, 3.8) is 0 Å². The molecule has 0 saturated heterocycles. The number of hydrogen-bond acceptors (Lipinski definition) is 8. The zero-order chi connectivity index (χ0) is 24.6. The van der Waals surface area contributed by atoms with Crippen LogP contribution < -0.4 is 59.1 Å². The Kier molecular flexibility index (Phi) is 39.0. The Hall–Kier alpha value is 1.74. The maximum atomic E-state index is 11.7. The van der Waals surface area contributed by atoms with Gasteiger partial charge in [-0.15, -0.1) is 0 Å². The summed E-state index contributed by atoms with van der Waals surface area (Å²) in [6.07, 6.45) is 21.6. The van der Waals surface area contributed by atoms with Crippen molar-refractivity contribution in [3.05, 3.63) is 0 Å². The van der Waals surface area contributed by atoms with E-state index in [2.05, 4.69) is 13.8 Å². The van der Waals surface area contributed by atoms with Crippen LogP contribution in [0.15, 0.2) is 0 Å². The van der Waals surface area contributed by atoms with Gasteiger partial charge in [0.25, 0.3) is 0 Å². The fraction of sp³-hybridized carbons (Fsp3) is 1.00. The van der Waals surface area contributed by atoms with Gasteiger partial charge in [0.2, 0.25) is 0 Å². The van der Waals surface area contributed by atoms with E-state index in [0.717, 1.165) is 38.5 Å². The number of unbranched alkanes of at least 4 members (excludes halogenated alkanes) is 16. The Balaban J connectivity index is -0.000000578. The third-order valence-corrected chi connectivity index (χ3v) is 5.86. The molecule has 0 aromatic carbocycles. The van der Waals surface area contributed by atoms with E-state index in [1.807, 2.05) is 0 Å². The molecular weight excluding hydrogens is 502 g/mol. The van der Waals surface area contributed by atoms with Gasteiger partial charge in [0.1, 0.15) is 0 Å². The summed E-state index contributed by atoms with van der Waals surface area (Å²) >= 11 is 0. The second-order valence-electron chi connectivity index (χ2n) is 8.12.